The van der Waals surface area contributed by atoms with Gasteiger partial charge in [0.15, 0.2) is 0 Å². The van der Waals surface area contributed by atoms with Crippen molar-refractivity contribution in [3.63, 3.8) is 0 Å². The van der Waals surface area contributed by atoms with Crippen LogP contribution < -0.4 is 0 Å². The molecule has 0 aromatic heterocycles. The monoisotopic (exact) mass is 521 g/mol. The van der Waals surface area contributed by atoms with Crippen LogP contribution in [0.5, 0.6) is 0 Å². The van der Waals surface area contributed by atoms with Crippen LogP contribution in [-0.2, 0) is 29.9 Å². The summed E-state index contributed by atoms with van der Waals surface area (Å²) >= 11 is 0. The molecule has 23 heavy (non-hydrogen) atoms. The predicted octanol–water partition coefficient (Wildman–Crippen LogP) is 6.12. The molecule has 0 fully saturated rings. The fourth-order valence-corrected chi connectivity index (χ4v) is 3.85. The van der Waals surface area contributed by atoms with Crippen molar-refractivity contribution in [2.75, 3.05) is 14.2 Å². The van der Waals surface area contributed by atoms with Gasteiger partial charge in [-0.3, -0.25) is 6.08 Å². The smallest absolute Gasteiger partial charge is 0.398 e. The van der Waals surface area contributed by atoms with Crippen molar-refractivity contribution in [1.82, 2.24) is 0 Å². The maximum absolute atomic E-state index is 5.49. The Bertz CT molecular complexity index is 300. The molecule has 0 atom stereocenters. The molecule has 1 rings (SSSR count). The van der Waals surface area contributed by atoms with Crippen LogP contribution in [0.4, 0.5) is 0 Å². The topological polar surface area (TPSA) is 18.5 Å². The van der Waals surface area contributed by atoms with Crippen molar-refractivity contribution < 1.29 is 29.9 Å². The first-order valence-corrected chi connectivity index (χ1v) is 10.1. The zero-order chi connectivity index (χ0) is 14.0. The van der Waals surface area contributed by atoms with Crippen LogP contribution in [0, 0.1) is 28.4 Å². The molecule has 0 amide bonds. The average Bonchev–Trinajstić information content (AvgIpc) is 2.94. The molecule has 0 bridgehead atoms. The fraction of sp³-hybridized carbons (Fsp3) is 0.632. The molecule has 2 nitrogen and oxygen atoms in total. The molecule has 0 saturated heterocycles. The first-order chi connectivity index (χ1) is 9.20. The van der Waals surface area contributed by atoms with Gasteiger partial charge in [0, 0.05) is 14.2 Å². The Balaban J connectivity index is -0.000000451. The van der Waals surface area contributed by atoms with Crippen molar-refractivity contribution >= 4 is 8.56 Å². The van der Waals surface area contributed by atoms with E-state index in [1.54, 1.807) is 14.2 Å². The van der Waals surface area contributed by atoms with E-state index in [0.29, 0.717) is 0 Å². The van der Waals surface area contributed by atoms with E-state index in [-0.39, 0.29) is 43.3 Å². The Hall–Kier alpha value is 0.305. The second kappa shape index (κ2) is 18.6. The van der Waals surface area contributed by atoms with E-state index in [4.69, 9.17) is 8.85 Å². The van der Waals surface area contributed by atoms with E-state index < -0.39 is 8.56 Å². The fourth-order valence-electron chi connectivity index (χ4n) is 2.38. The second-order valence-electron chi connectivity index (χ2n) is 5.47. The Kier molecular flexibility index (Phi) is 25.2. The normalized spacial score (nSPS) is 12.4. The van der Waals surface area contributed by atoms with Crippen molar-refractivity contribution in [3.8, 4) is 0 Å². The van der Waals surface area contributed by atoms with Gasteiger partial charge in [-0.15, -0.1) is 6.42 Å². The number of rotatable bonds is 11. The van der Waals surface area contributed by atoms with Crippen LogP contribution in [0.2, 0.25) is 12.6 Å². The van der Waals surface area contributed by atoms with E-state index in [1.807, 2.05) is 0 Å². The van der Waals surface area contributed by atoms with Gasteiger partial charge in [-0.25, -0.2) is 11.6 Å². The molecule has 0 unspecified atom stereocenters. The van der Waals surface area contributed by atoms with Crippen molar-refractivity contribution in [2.45, 2.75) is 64.0 Å². The molecule has 140 valence electrons. The van der Waals surface area contributed by atoms with Gasteiger partial charge in [0.2, 0.25) is 0 Å². The van der Waals surface area contributed by atoms with E-state index in [0.717, 1.165) is 12.5 Å². The summed E-state index contributed by atoms with van der Waals surface area (Å²) in [5.74, 6) is 0. The second-order valence-corrected chi connectivity index (χ2v) is 9.06. The van der Waals surface area contributed by atoms with E-state index in [9.17, 15) is 0 Å². The summed E-state index contributed by atoms with van der Waals surface area (Å²) in [6.07, 6.45) is 18.0. The summed E-state index contributed by atoms with van der Waals surface area (Å²) in [6.45, 7) is 2.15. The molecular weight excluding hydrogens is 483 g/mol. The summed E-state index contributed by atoms with van der Waals surface area (Å²) in [5, 5.41) is 0. The van der Waals surface area contributed by atoms with Gasteiger partial charge in [0.25, 0.3) is 0 Å². The molecule has 0 aliphatic heterocycles. The largest absolute Gasteiger partial charge is 4.00 e. The zero-order valence-electron chi connectivity index (χ0n) is 16.2. The minimum Gasteiger partial charge on any atom is -0.398 e. The Morgan fingerprint density at radius 1 is 0.957 bits per heavy atom. The average molecular weight is 522 g/mol. The minimum atomic E-state index is -1.81. The van der Waals surface area contributed by atoms with Crippen LogP contribution in [0.1, 0.15) is 51.4 Å². The first-order valence-electron chi connectivity index (χ1n) is 7.57. The van der Waals surface area contributed by atoms with Crippen LogP contribution in [-0.4, -0.2) is 22.8 Å². The van der Waals surface area contributed by atoms with Gasteiger partial charge < -0.3 is 31.1 Å². The Morgan fingerprint density at radius 2 is 1.48 bits per heavy atom. The SMILES string of the molecule is CO[Si](C)(CCCCCCCCC1=[C-]CC=C1)OC.[CH3-].[CH3-].[CH3-].[Pt+4]. The summed E-state index contributed by atoms with van der Waals surface area (Å²) in [5.41, 5.74) is 1.42. The van der Waals surface area contributed by atoms with Crippen molar-refractivity contribution in [1.29, 1.82) is 0 Å². The van der Waals surface area contributed by atoms with E-state index in [1.165, 1.54) is 50.5 Å². The quantitative estimate of drug-likeness (QED) is 0.185. The molecule has 0 aromatic carbocycles. The van der Waals surface area contributed by atoms with Crippen LogP contribution in [0.25, 0.3) is 0 Å². The molecule has 1 aliphatic carbocycles. The van der Waals surface area contributed by atoms with E-state index in [2.05, 4.69) is 24.8 Å². The predicted molar refractivity (Wildman–Crippen MR) is 103 cm³/mol. The summed E-state index contributed by atoms with van der Waals surface area (Å²) in [6, 6.07) is 1.12. The Labute approximate surface area is 162 Å². The number of hydrogen-bond donors (Lipinski definition) is 0. The minimum absolute atomic E-state index is 0. The summed E-state index contributed by atoms with van der Waals surface area (Å²) in [4.78, 5) is 0. The molecule has 0 saturated carbocycles. The third-order valence-electron chi connectivity index (χ3n) is 3.96. The van der Waals surface area contributed by atoms with Gasteiger partial charge >= 0.3 is 29.6 Å². The van der Waals surface area contributed by atoms with Gasteiger partial charge in [-0.05, 0) is 12.6 Å². The standard InChI is InChI=1S/C16H29O2Si.3CH3.Pt/c1-17-19(3,18-2)15-11-7-5-4-6-8-12-16-13-9-10-14-16;;;;/h9,13H,4-8,10-12,15H2,1-3H3;3*1H3;/q4*-1;+4. The maximum Gasteiger partial charge on any atom is 4.00 e. The molecule has 1 aliphatic rings. The van der Waals surface area contributed by atoms with Crippen molar-refractivity contribution in [2.24, 2.45) is 0 Å². The zero-order valence-corrected chi connectivity index (χ0v) is 19.4. The number of unbranched alkanes of at least 4 members (excludes halogenated alkanes) is 5. The molecule has 0 aromatic rings. The van der Waals surface area contributed by atoms with Crippen LogP contribution in [0.3, 0.4) is 0 Å². The molecular formula is C19H38O2PtSi. The molecule has 0 radical (unpaired) electrons. The molecule has 4 heteroatoms. The third kappa shape index (κ3) is 14.4. The molecule has 0 spiro atoms. The van der Waals surface area contributed by atoms with Gasteiger partial charge in [-0.1, -0.05) is 44.9 Å². The molecule has 0 heterocycles. The number of hydrogen-bond acceptors (Lipinski definition) is 2. The summed E-state index contributed by atoms with van der Waals surface area (Å²) in [7, 11) is 1.74. The first kappa shape index (κ1) is 31.1. The van der Waals surface area contributed by atoms with Crippen LogP contribution >= 0.6 is 0 Å². The maximum atomic E-state index is 5.49. The van der Waals surface area contributed by atoms with Gasteiger partial charge in [0.1, 0.15) is 0 Å². The van der Waals surface area contributed by atoms with E-state index >= 15 is 0 Å². The third-order valence-corrected chi connectivity index (χ3v) is 6.95. The van der Waals surface area contributed by atoms with Crippen molar-refractivity contribution in [3.05, 3.63) is 46.1 Å². The Morgan fingerprint density at radius 3 is 1.96 bits per heavy atom. The summed E-state index contributed by atoms with van der Waals surface area (Å²) < 4.78 is 11.0. The molecule has 0 N–H and O–H groups in total. The number of allylic oxidation sites excluding steroid dienone is 4. The van der Waals surface area contributed by atoms with Crippen LogP contribution in [0.15, 0.2) is 17.7 Å². The van der Waals surface area contributed by atoms with Gasteiger partial charge in [0.05, 0.1) is 0 Å². The van der Waals surface area contributed by atoms with Gasteiger partial charge in [-0.2, -0.15) is 6.08 Å².